The minimum absolute atomic E-state index is 0.0203. The molecule has 6 heteroatoms. The lowest BCUT2D eigenvalue weighted by atomic mass is 10.0. The summed E-state index contributed by atoms with van der Waals surface area (Å²) in [6.45, 7) is 0.740. The highest BCUT2D eigenvalue weighted by Crippen LogP contribution is 2.61. The summed E-state index contributed by atoms with van der Waals surface area (Å²) in [5.74, 6) is -3.91. The Morgan fingerprint density at radius 3 is 2.71 bits per heavy atom. The van der Waals surface area contributed by atoms with E-state index in [1.807, 2.05) is 0 Å². The van der Waals surface area contributed by atoms with Crippen molar-refractivity contribution in [2.24, 2.45) is 0 Å². The van der Waals surface area contributed by atoms with E-state index in [2.05, 4.69) is 4.98 Å². The van der Waals surface area contributed by atoms with Gasteiger partial charge in [0.15, 0.2) is 5.41 Å². The van der Waals surface area contributed by atoms with Gasteiger partial charge >= 0.3 is 5.97 Å². The first-order chi connectivity index (χ1) is 7.97. The van der Waals surface area contributed by atoms with Crippen molar-refractivity contribution in [1.29, 1.82) is 0 Å². The maximum Gasteiger partial charge on any atom is 0.322 e. The number of aromatic nitrogens is 2. The van der Waals surface area contributed by atoms with Crippen LogP contribution in [0.4, 0.5) is 8.78 Å². The molecule has 1 aromatic heterocycles. The van der Waals surface area contributed by atoms with Crippen LogP contribution in [0.1, 0.15) is 30.8 Å². The van der Waals surface area contributed by atoms with E-state index in [0.717, 1.165) is 31.6 Å². The summed E-state index contributed by atoms with van der Waals surface area (Å²) in [7, 11) is 0. The molecule has 1 aliphatic heterocycles. The van der Waals surface area contributed by atoms with Gasteiger partial charge in [-0.2, -0.15) is 0 Å². The fraction of sp³-hybridized carbons (Fsp3) is 0.636. The van der Waals surface area contributed by atoms with Crippen molar-refractivity contribution >= 4 is 5.97 Å². The van der Waals surface area contributed by atoms with E-state index in [9.17, 15) is 13.6 Å². The van der Waals surface area contributed by atoms with Gasteiger partial charge in [0.2, 0.25) is 0 Å². The number of halogens is 2. The molecule has 1 saturated carbocycles. The Morgan fingerprint density at radius 2 is 2.18 bits per heavy atom. The van der Waals surface area contributed by atoms with E-state index in [1.54, 1.807) is 4.57 Å². The molecule has 2 aliphatic rings. The Kier molecular flexibility index (Phi) is 1.92. The number of nitrogens with zero attached hydrogens (tertiary/aromatic N) is 2. The van der Waals surface area contributed by atoms with E-state index in [-0.39, 0.29) is 5.69 Å². The van der Waals surface area contributed by atoms with Crippen molar-refractivity contribution in [3.63, 3.8) is 0 Å². The molecule has 0 amide bonds. The second-order valence-electron chi connectivity index (χ2n) is 4.78. The maximum absolute atomic E-state index is 13.3. The zero-order chi connectivity index (χ0) is 12.3. The fourth-order valence-corrected chi connectivity index (χ4v) is 2.53. The third-order valence-electron chi connectivity index (χ3n) is 3.70. The van der Waals surface area contributed by atoms with Crippen molar-refractivity contribution < 1.29 is 18.7 Å². The number of carbonyl (C=O) groups is 1. The van der Waals surface area contributed by atoms with Crippen LogP contribution < -0.4 is 0 Å². The third kappa shape index (κ3) is 1.26. The van der Waals surface area contributed by atoms with Crippen LogP contribution in [-0.4, -0.2) is 26.5 Å². The van der Waals surface area contributed by atoms with Crippen molar-refractivity contribution in [1.82, 2.24) is 9.55 Å². The van der Waals surface area contributed by atoms with Crippen LogP contribution in [0.3, 0.4) is 0 Å². The molecule has 1 fully saturated rings. The van der Waals surface area contributed by atoms with Gasteiger partial charge in [0.1, 0.15) is 5.82 Å². The van der Waals surface area contributed by atoms with Gasteiger partial charge in [-0.15, -0.1) is 0 Å². The van der Waals surface area contributed by atoms with Crippen molar-refractivity contribution in [3.05, 3.63) is 17.7 Å². The van der Waals surface area contributed by atoms with Gasteiger partial charge in [0.05, 0.1) is 5.69 Å². The average Bonchev–Trinajstić information content (AvgIpc) is 2.69. The highest BCUT2D eigenvalue weighted by molar-refractivity contribution is 5.87. The molecule has 3 rings (SSSR count). The minimum atomic E-state index is -3.16. The standard InChI is InChI=1S/C11H12F2N2O2/c12-11(13)6-10(11,9(16)17)7-5-15-4-2-1-3-8(15)14-7/h5H,1-4,6H2,(H,16,17). The molecule has 1 unspecified atom stereocenters. The predicted molar refractivity (Wildman–Crippen MR) is 54.0 cm³/mol. The van der Waals surface area contributed by atoms with Crippen LogP contribution in [0.5, 0.6) is 0 Å². The first-order valence-electron chi connectivity index (χ1n) is 5.65. The second kappa shape index (κ2) is 3.05. The first-order valence-corrected chi connectivity index (χ1v) is 5.65. The largest absolute Gasteiger partial charge is 0.480 e. The third-order valence-corrected chi connectivity index (χ3v) is 3.70. The van der Waals surface area contributed by atoms with Gasteiger partial charge < -0.3 is 9.67 Å². The van der Waals surface area contributed by atoms with Crippen LogP contribution in [0.15, 0.2) is 6.20 Å². The molecular weight excluding hydrogens is 230 g/mol. The zero-order valence-electron chi connectivity index (χ0n) is 9.12. The summed E-state index contributed by atoms with van der Waals surface area (Å²) in [6, 6.07) is 0. The SMILES string of the molecule is O=C(O)C1(c2cn3c(n2)CCCC3)CC1(F)F. The van der Waals surface area contributed by atoms with Gasteiger partial charge in [-0.05, 0) is 12.8 Å². The van der Waals surface area contributed by atoms with Gasteiger partial charge in [-0.1, -0.05) is 0 Å². The molecule has 0 spiro atoms. The molecule has 0 radical (unpaired) electrons. The van der Waals surface area contributed by atoms with Crippen LogP contribution in [0.25, 0.3) is 0 Å². The molecule has 0 saturated heterocycles. The summed E-state index contributed by atoms with van der Waals surface area (Å²) in [6.07, 6.45) is 3.56. The monoisotopic (exact) mass is 242 g/mol. The van der Waals surface area contributed by atoms with Crippen LogP contribution in [0.2, 0.25) is 0 Å². The molecule has 17 heavy (non-hydrogen) atoms. The lowest BCUT2D eigenvalue weighted by Crippen LogP contribution is -2.27. The number of hydrogen-bond donors (Lipinski definition) is 1. The average molecular weight is 242 g/mol. The van der Waals surface area contributed by atoms with Gasteiger partial charge in [-0.25, -0.2) is 13.8 Å². The van der Waals surface area contributed by atoms with Gasteiger partial charge in [0.25, 0.3) is 5.92 Å². The van der Waals surface area contributed by atoms with E-state index >= 15 is 0 Å². The topological polar surface area (TPSA) is 55.1 Å². The zero-order valence-corrected chi connectivity index (χ0v) is 9.12. The second-order valence-corrected chi connectivity index (χ2v) is 4.78. The number of rotatable bonds is 2. The molecule has 4 nitrogen and oxygen atoms in total. The number of fused-ring (bicyclic) bond motifs is 1. The normalized spacial score (nSPS) is 29.8. The molecular formula is C11H12F2N2O2. The Balaban J connectivity index is 2.04. The molecule has 0 aromatic carbocycles. The number of carboxylic acid groups (broad SMARTS) is 1. The Hall–Kier alpha value is -1.46. The number of aliphatic carboxylic acids is 1. The molecule has 1 aromatic rings. The van der Waals surface area contributed by atoms with Crippen molar-refractivity contribution in [2.75, 3.05) is 0 Å². The quantitative estimate of drug-likeness (QED) is 0.856. The maximum atomic E-state index is 13.3. The molecule has 1 N–H and O–H groups in total. The summed E-state index contributed by atoms with van der Waals surface area (Å²) in [5.41, 5.74) is -2.05. The van der Waals surface area contributed by atoms with E-state index < -0.39 is 23.7 Å². The number of aryl methyl sites for hydroxylation is 2. The molecule has 0 bridgehead atoms. The minimum Gasteiger partial charge on any atom is -0.480 e. The number of imidazole rings is 1. The summed E-state index contributed by atoms with van der Waals surface area (Å²) < 4.78 is 28.4. The van der Waals surface area contributed by atoms with Crippen molar-refractivity contribution in [3.8, 4) is 0 Å². The van der Waals surface area contributed by atoms with Gasteiger partial charge in [0, 0.05) is 25.6 Å². The Bertz CT molecular complexity index is 474. The Labute approximate surface area is 96.3 Å². The number of alkyl halides is 2. The molecule has 1 atom stereocenters. The molecule has 1 aliphatic carbocycles. The number of carboxylic acids is 1. The summed E-state index contributed by atoms with van der Waals surface area (Å²) in [5, 5.41) is 9.02. The molecule has 92 valence electrons. The first kappa shape index (κ1) is 10.7. The fourth-order valence-electron chi connectivity index (χ4n) is 2.53. The Morgan fingerprint density at radius 1 is 1.47 bits per heavy atom. The highest BCUT2D eigenvalue weighted by Gasteiger charge is 2.78. The summed E-state index contributed by atoms with van der Waals surface area (Å²) >= 11 is 0. The van der Waals surface area contributed by atoms with E-state index in [4.69, 9.17) is 5.11 Å². The van der Waals surface area contributed by atoms with E-state index in [0.29, 0.717) is 0 Å². The lowest BCUT2D eigenvalue weighted by Gasteiger charge is -2.11. The van der Waals surface area contributed by atoms with E-state index in [1.165, 1.54) is 6.20 Å². The van der Waals surface area contributed by atoms with Crippen LogP contribution >= 0.6 is 0 Å². The van der Waals surface area contributed by atoms with Gasteiger partial charge in [-0.3, -0.25) is 4.79 Å². The molecule has 2 heterocycles. The number of hydrogen-bond acceptors (Lipinski definition) is 2. The lowest BCUT2D eigenvalue weighted by molar-refractivity contribution is -0.143. The predicted octanol–water partition coefficient (Wildman–Crippen LogP) is 1.58. The summed E-state index contributed by atoms with van der Waals surface area (Å²) in [4.78, 5) is 15.2. The smallest absolute Gasteiger partial charge is 0.322 e. The highest BCUT2D eigenvalue weighted by atomic mass is 19.3. The van der Waals surface area contributed by atoms with Crippen LogP contribution in [-0.2, 0) is 23.2 Å². The van der Waals surface area contributed by atoms with Crippen LogP contribution in [0, 0.1) is 0 Å². The van der Waals surface area contributed by atoms with Crippen molar-refractivity contribution in [2.45, 2.75) is 43.6 Å².